The largest absolute Gasteiger partial charge is 0.355 e. The molecule has 2 atom stereocenters. The molecule has 2 aromatic rings. The summed E-state index contributed by atoms with van der Waals surface area (Å²) < 4.78 is 0. The van der Waals surface area contributed by atoms with Crippen molar-refractivity contribution >= 4 is 29.0 Å². The highest BCUT2D eigenvalue weighted by molar-refractivity contribution is 6.36. The van der Waals surface area contributed by atoms with Gasteiger partial charge >= 0.3 is 0 Å². The second-order valence-electron chi connectivity index (χ2n) is 6.03. The molecule has 2 unspecified atom stereocenters. The zero-order valence-electron chi connectivity index (χ0n) is 13.3. The Morgan fingerprint density at radius 2 is 2.04 bits per heavy atom. The van der Waals surface area contributed by atoms with Crippen LogP contribution in [-0.4, -0.2) is 29.2 Å². The first-order valence-electron chi connectivity index (χ1n) is 8.13. The van der Waals surface area contributed by atoms with Gasteiger partial charge in [0.15, 0.2) is 0 Å². The van der Waals surface area contributed by atoms with Gasteiger partial charge in [-0.1, -0.05) is 23.2 Å². The van der Waals surface area contributed by atoms with Gasteiger partial charge in [0.1, 0.15) is 12.1 Å². The van der Waals surface area contributed by atoms with E-state index in [1.165, 1.54) is 0 Å². The summed E-state index contributed by atoms with van der Waals surface area (Å²) in [4.78, 5) is 8.64. The summed E-state index contributed by atoms with van der Waals surface area (Å²) in [5.41, 5.74) is 7.39. The fourth-order valence-corrected chi connectivity index (χ4v) is 3.43. The van der Waals surface area contributed by atoms with Crippen LogP contribution in [0, 0.1) is 5.92 Å². The Hall–Kier alpha value is -1.40. The molecule has 0 radical (unpaired) electrons. The molecule has 0 spiro atoms. The molecule has 0 aliphatic carbocycles. The van der Waals surface area contributed by atoms with Crippen LogP contribution in [0.4, 0.5) is 5.82 Å². The Morgan fingerprint density at radius 1 is 1.17 bits per heavy atom. The molecule has 1 fully saturated rings. The molecule has 7 heteroatoms. The highest BCUT2D eigenvalue weighted by atomic mass is 35.5. The number of nitrogens with one attached hydrogen (secondary N) is 2. The van der Waals surface area contributed by atoms with Gasteiger partial charge in [0, 0.05) is 16.7 Å². The van der Waals surface area contributed by atoms with Gasteiger partial charge in [0.25, 0.3) is 0 Å². The monoisotopic (exact) mass is 365 g/mol. The third-order valence-electron chi connectivity index (χ3n) is 4.34. The molecule has 1 aliphatic heterocycles. The van der Waals surface area contributed by atoms with Crippen LogP contribution in [0.15, 0.2) is 30.6 Å². The number of halogens is 2. The van der Waals surface area contributed by atoms with Gasteiger partial charge in [-0.15, -0.1) is 0 Å². The van der Waals surface area contributed by atoms with E-state index in [4.69, 9.17) is 28.9 Å². The van der Waals surface area contributed by atoms with Crippen molar-refractivity contribution in [3.63, 3.8) is 0 Å². The number of rotatable bonds is 4. The van der Waals surface area contributed by atoms with Gasteiger partial charge in [-0.2, -0.15) is 0 Å². The molecule has 0 saturated carbocycles. The van der Waals surface area contributed by atoms with Crippen molar-refractivity contribution in [1.82, 2.24) is 15.3 Å². The maximum absolute atomic E-state index is 6.27. The standard InChI is InChI=1S/C17H21Cl2N5/c18-12-2-3-13(14(19)7-12)15-8-17(23-10-22-15)24-16-4-1-11(9-20)5-6-21-16/h2-3,7-8,10-11,16,21H,1,4-6,9,20H2,(H,22,23,24). The summed E-state index contributed by atoms with van der Waals surface area (Å²) in [5, 5.41) is 8.12. The van der Waals surface area contributed by atoms with Gasteiger partial charge < -0.3 is 11.1 Å². The average molecular weight is 366 g/mol. The van der Waals surface area contributed by atoms with E-state index in [2.05, 4.69) is 20.6 Å². The molecule has 1 aromatic carbocycles. The summed E-state index contributed by atoms with van der Waals surface area (Å²) in [5.74, 6) is 1.37. The van der Waals surface area contributed by atoms with Crippen LogP contribution in [-0.2, 0) is 0 Å². The summed E-state index contributed by atoms with van der Waals surface area (Å²) >= 11 is 12.2. The zero-order valence-corrected chi connectivity index (χ0v) is 14.8. The molecular weight excluding hydrogens is 345 g/mol. The van der Waals surface area contributed by atoms with Gasteiger partial charge in [-0.3, -0.25) is 5.32 Å². The number of benzene rings is 1. The molecule has 24 heavy (non-hydrogen) atoms. The molecular formula is C17H21Cl2N5. The van der Waals surface area contributed by atoms with Crippen molar-refractivity contribution < 1.29 is 0 Å². The highest BCUT2D eigenvalue weighted by Crippen LogP contribution is 2.29. The first-order valence-corrected chi connectivity index (χ1v) is 8.89. The van der Waals surface area contributed by atoms with Crippen LogP contribution in [0.5, 0.6) is 0 Å². The average Bonchev–Trinajstić information content (AvgIpc) is 2.80. The lowest BCUT2D eigenvalue weighted by atomic mass is 10.0. The third kappa shape index (κ3) is 4.36. The minimum absolute atomic E-state index is 0.185. The Balaban J connectivity index is 1.73. The second-order valence-corrected chi connectivity index (χ2v) is 6.88. The summed E-state index contributed by atoms with van der Waals surface area (Å²) in [6.07, 6.45) is 4.97. The minimum atomic E-state index is 0.185. The molecule has 4 N–H and O–H groups in total. The van der Waals surface area contributed by atoms with Crippen molar-refractivity contribution in [1.29, 1.82) is 0 Å². The van der Waals surface area contributed by atoms with E-state index in [1.807, 2.05) is 12.1 Å². The van der Waals surface area contributed by atoms with Gasteiger partial charge in [0.2, 0.25) is 0 Å². The third-order valence-corrected chi connectivity index (χ3v) is 4.88. The van der Waals surface area contributed by atoms with Crippen LogP contribution in [0.1, 0.15) is 19.3 Å². The predicted octanol–water partition coefficient (Wildman–Crippen LogP) is 3.54. The number of nitrogens with zero attached hydrogens (tertiary/aromatic N) is 2. The Morgan fingerprint density at radius 3 is 2.83 bits per heavy atom. The van der Waals surface area contributed by atoms with E-state index >= 15 is 0 Å². The maximum Gasteiger partial charge on any atom is 0.131 e. The minimum Gasteiger partial charge on any atom is -0.355 e. The lowest BCUT2D eigenvalue weighted by molar-refractivity contribution is 0.478. The second kappa shape index (κ2) is 8.12. The lowest BCUT2D eigenvalue weighted by Crippen LogP contribution is -2.35. The zero-order chi connectivity index (χ0) is 16.9. The van der Waals surface area contributed by atoms with Crippen molar-refractivity contribution in [3.8, 4) is 11.3 Å². The molecule has 1 saturated heterocycles. The number of hydrogen-bond acceptors (Lipinski definition) is 5. The van der Waals surface area contributed by atoms with E-state index in [-0.39, 0.29) is 6.17 Å². The summed E-state index contributed by atoms with van der Waals surface area (Å²) in [6, 6.07) is 7.29. The fourth-order valence-electron chi connectivity index (χ4n) is 2.93. The van der Waals surface area contributed by atoms with Crippen LogP contribution >= 0.6 is 23.2 Å². The molecule has 2 heterocycles. The molecule has 5 nitrogen and oxygen atoms in total. The van der Waals surface area contributed by atoms with Crippen LogP contribution < -0.4 is 16.4 Å². The quantitative estimate of drug-likeness (QED) is 0.772. The van der Waals surface area contributed by atoms with Crippen molar-refractivity contribution in [2.24, 2.45) is 11.7 Å². The number of anilines is 1. The number of aromatic nitrogens is 2. The Labute approximate surface area is 152 Å². The smallest absolute Gasteiger partial charge is 0.131 e. The topological polar surface area (TPSA) is 75.9 Å². The van der Waals surface area contributed by atoms with E-state index in [9.17, 15) is 0 Å². The molecule has 1 aliphatic rings. The molecule has 3 rings (SSSR count). The first-order chi connectivity index (χ1) is 11.7. The Kier molecular flexibility index (Phi) is 5.89. The fraction of sp³-hybridized carbons (Fsp3) is 0.412. The molecule has 0 bridgehead atoms. The van der Waals surface area contributed by atoms with Crippen molar-refractivity contribution in [2.75, 3.05) is 18.4 Å². The Bertz CT molecular complexity index is 694. The van der Waals surface area contributed by atoms with Crippen molar-refractivity contribution in [2.45, 2.75) is 25.4 Å². The van der Waals surface area contributed by atoms with Gasteiger partial charge in [0.05, 0.1) is 16.9 Å². The van der Waals surface area contributed by atoms with Gasteiger partial charge in [-0.05, 0) is 56.5 Å². The van der Waals surface area contributed by atoms with Crippen LogP contribution in [0.2, 0.25) is 10.0 Å². The predicted molar refractivity (Wildman–Crippen MR) is 99.3 cm³/mol. The summed E-state index contributed by atoms with van der Waals surface area (Å²) in [7, 11) is 0. The van der Waals surface area contributed by atoms with Gasteiger partial charge in [-0.25, -0.2) is 9.97 Å². The summed E-state index contributed by atoms with van der Waals surface area (Å²) in [6.45, 7) is 1.71. The maximum atomic E-state index is 6.27. The normalized spacial score (nSPS) is 21.3. The first kappa shape index (κ1) is 17.4. The highest BCUT2D eigenvalue weighted by Gasteiger charge is 2.17. The SMILES string of the molecule is NCC1CCNC(Nc2cc(-c3ccc(Cl)cc3Cl)ncn2)CC1. The number of hydrogen-bond donors (Lipinski definition) is 3. The van der Waals surface area contributed by atoms with E-state index in [0.717, 1.165) is 49.4 Å². The lowest BCUT2D eigenvalue weighted by Gasteiger charge is -2.18. The molecule has 0 amide bonds. The molecule has 128 valence electrons. The molecule has 1 aromatic heterocycles. The van der Waals surface area contributed by atoms with E-state index in [0.29, 0.717) is 16.0 Å². The van der Waals surface area contributed by atoms with E-state index in [1.54, 1.807) is 18.5 Å². The number of nitrogens with two attached hydrogens (primary N) is 1. The van der Waals surface area contributed by atoms with Crippen LogP contribution in [0.25, 0.3) is 11.3 Å². The van der Waals surface area contributed by atoms with E-state index < -0.39 is 0 Å². The van der Waals surface area contributed by atoms with Crippen LogP contribution in [0.3, 0.4) is 0 Å². The van der Waals surface area contributed by atoms with Crippen molar-refractivity contribution in [3.05, 3.63) is 40.6 Å².